The Morgan fingerprint density at radius 3 is 2.76 bits per heavy atom. The third-order valence-electron chi connectivity index (χ3n) is 3.27. The van der Waals surface area contributed by atoms with Crippen LogP contribution in [-0.2, 0) is 6.42 Å². The molecule has 21 heavy (non-hydrogen) atoms. The highest BCUT2D eigenvalue weighted by Gasteiger charge is 2.17. The number of aromatic nitrogens is 2. The molecule has 2 aromatic heterocycles. The average Bonchev–Trinajstić information content (AvgIpc) is 2.92. The minimum Gasteiger partial charge on any atom is -0.496 e. The van der Waals surface area contributed by atoms with Crippen molar-refractivity contribution < 1.29 is 9.53 Å². The van der Waals surface area contributed by atoms with Gasteiger partial charge in [-0.05, 0) is 20.8 Å². The lowest BCUT2D eigenvalue weighted by Gasteiger charge is -2.11. The zero-order chi connectivity index (χ0) is 15.6. The molecule has 0 aliphatic heterocycles. The van der Waals surface area contributed by atoms with E-state index in [-0.39, 0.29) is 18.2 Å². The van der Waals surface area contributed by atoms with E-state index >= 15 is 0 Å². The lowest BCUT2D eigenvalue weighted by Crippen LogP contribution is -2.10. The summed E-state index contributed by atoms with van der Waals surface area (Å²) in [5, 5.41) is 2.52. The van der Waals surface area contributed by atoms with Gasteiger partial charge in [-0.25, -0.2) is 4.98 Å². The van der Waals surface area contributed by atoms with Gasteiger partial charge in [-0.15, -0.1) is 11.3 Å². The maximum absolute atomic E-state index is 12.3. The van der Waals surface area contributed by atoms with Crippen molar-refractivity contribution in [2.75, 3.05) is 7.11 Å². The van der Waals surface area contributed by atoms with Gasteiger partial charge in [-0.1, -0.05) is 0 Å². The van der Waals surface area contributed by atoms with Crippen LogP contribution in [0.4, 0.5) is 0 Å². The Hall–Kier alpha value is -1.79. The number of Topliss-reactive ketones (excluding diaryl/α,β-unsaturated/α-hetero) is 1. The van der Waals surface area contributed by atoms with Gasteiger partial charge in [0.2, 0.25) is 0 Å². The van der Waals surface area contributed by atoms with Crippen LogP contribution in [0.2, 0.25) is 0 Å². The van der Waals surface area contributed by atoms with Crippen molar-refractivity contribution in [3.8, 4) is 5.75 Å². The van der Waals surface area contributed by atoms with E-state index < -0.39 is 0 Å². The second kappa shape index (κ2) is 6.32. The molecule has 2 heterocycles. The van der Waals surface area contributed by atoms with Crippen LogP contribution in [0.3, 0.4) is 0 Å². The molecule has 0 saturated heterocycles. The molecule has 0 bridgehead atoms. The first-order valence-corrected chi connectivity index (χ1v) is 7.55. The van der Waals surface area contributed by atoms with E-state index in [0.29, 0.717) is 5.69 Å². The van der Waals surface area contributed by atoms with Crippen LogP contribution in [0.15, 0.2) is 11.6 Å². The summed E-state index contributed by atoms with van der Waals surface area (Å²) in [4.78, 5) is 20.9. The Labute approximate surface area is 128 Å². The zero-order valence-electron chi connectivity index (χ0n) is 12.6. The number of pyridine rings is 1. The number of ether oxygens (including phenoxy) is 1. The third-order valence-corrected chi connectivity index (χ3v) is 4.32. The first-order chi connectivity index (χ1) is 9.93. The smallest absolute Gasteiger partial charge is 0.187 e. The summed E-state index contributed by atoms with van der Waals surface area (Å²) >= 11 is 1.41. The number of rotatable bonds is 5. The first kappa shape index (κ1) is 15.6. The fraction of sp³-hybridized carbons (Fsp3) is 0.400. The molecule has 2 N–H and O–H groups in total. The van der Waals surface area contributed by atoms with Crippen LogP contribution < -0.4 is 10.5 Å². The van der Waals surface area contributed by atoms with Crippen molar-refractivity contribution in [1.29, 1.82) is 0 Å². The summed E-state index contributed by atoms with van der Waals surface area (Å²) in [7, 11) is 1.62. The number of thiazole rings is 1. The monoisotopic (exact) mass is 305 g/mol. The number of aryl methyl sites for hydroxylation is 1. The topological polar surface area (TPSA) is 78.1 Å². The van der Waals surface area contributed by atoms with E-state index in [2.05, 4.69) is 9.97 Å². The quantitative estimate of drug-likeness (QED) is 0.859. The number of hydrogen-bond donors (Lipinski definition) is 1. The first-order valence-electron chi connectivity index (χ1n) is 6.67. The third kappa shape index (κ3) is 3.28. The van der Waals surface area contributed by atoms with E-state index in [0.717, 1.165) is 27.6 Å². The van der Waals surface area contributed by atoms with Gasteiger partial charge in [0.1, 0.15) is 16.5 Å². The fourth-order valence-corrected chi connectivity index (χ4v) is 2.90. The van der Waals surface area contributed by atoms with Gasteiger partial charge in [-0.2, -0.15) is 0 Å². The number of nitrogens with two attached hydrogens (primary N) is 1. The SMILES string of the molecule is COc1c(C)cnc(CC(=O)c2csc(C(C)N)n2)c1C. The van der Waals surface area contributed by atoms with Crippen molar-refractivity contribution in [3.63, 3.8) is 0 Å². The van der Waals surface area contributed by atoms with Gasteiger partial charge < -0.3 is 10.5 Å². The molecule has 0 radical (unpaired) electrons. The Bertz CT molecular complexity index is 665. The van der Waals surface area contributed by atoms with Crippen LogP contribution in [0.5, 0.6) is 5.75 Å². The molecule has 1 atom stereocenters. The predicted molar refractivity (Wildman–Crippen MR) is 83.0 cm³/mol. The van der Waals surface area contributed by atoms with Crippen LogP contribution in [0.25, 0.3) is 0 Å². The Morgan fingerprint density at radius 1 is 1.48 bits per heavy atom. The van der Waals surface area contributed by atoms with Gasteiger partial charge in [0.25, 0.3) is 0 Å². The lowest BCUT2D eigenvalue weighted by atomic mass is 10.1. The molecule has 0 aromatic carbocycles. The molecule has 112 valence electrons. The molecule has 0 saturated carbocycles. The van der Waals surface area contributed by atoms with Gasteiger partial charge in [-0.3, -0.25) is 9.78 Å². The molecular formula is C15H19N3O2S. The minimum absolute atomic E-state index is 0.0559. The molecule has 2 aromatic rings. The van der Waals surface area contributed by atoms with E-state index in [1.54, 1.807) is 18.7 Å². The van der Waals surface area contributed by atoms with Crippen LogP contribution >= 0.6 is 11.3 Å². The van der Waals surface area contributed by atoms with Crippen molar-refractivity contribution in [2.24, 2.45) is 5.73 Å². The van der Waals surface area contributed by atoms with E-state index in [4.69, 9.17) is 10.5 Å². The molecule has 2 rings (SSSR count). The highest BCUT2D eigenvalue weighted by atomic mass is 32.1. The number of hydrogen-bond acceptors (Lipinski definition) is 6. The maximum Gasteiger partial charge on any atom is 0.187 e. The van der Waals surface area contributed by atoms with E-state index in [1.165, 1.54) is 11.3 Å². The summed E-state index contributed by atoms with van der Waals surface area (Å²) < 4.78 is 5.36. The molecular weight excluding hydrogens is 286 g/mol. The van der Waals surface area contributed by atoms with Crippen molar-refractivity contribution in [3.05, 3.63) is 39.1 Å². The molecule has 6 heteroatoms. The average molecular weight is 305 g/mol. The number of methoxy groups -OCH3 is 1. The summed E-state index contributed by atoms with van der Waals surface area (Å²) in [5.41, 5.74) is 8.79. The summed E-state index contributed by atoms with van der Waals surface area (Å²) in [6.07, 6.45) is 1.94. The molecule has 0 amide bonds. The molecule has 0 aliphatic carbocycles. The largest absolute Gasteiger partial charge is 0.496 e. The standard InChI is InChI=1S/C15H19N3O2S/c1-8-6-17-11(9(2)14(8)20-4)5-13(19)12-7-21-15(18-12)10(3)16/h6-7,10H,5,16H2,1-4H3. The Morgan fingerprint density at radius 2 is 2.19 bits per heavy atom. The number of carbonyl (C=O) groups is 1. The van der Waals surface area contributed by atoms with Gasteiger partial charge >= 0.3 is 0 Å². The van der Waals surface area contributed by atoms with Crippen molar-refractivity contribution in [1.82, 2.24) is 9.97 Å². The van der Waals surface area contributed by atoms with Gasteiger partial charge in [0, 0.05) is 22.7 Å². The highest BCUT2D eigenvalue weighted by Crippen LogP contribution is 2.25. The normalized spacial score (nSPS) is 12.2. The van der Waals surface area contributed by atoms with E-state index in [9.17, 15) is 4.79 Å². The fourth-order valence-electron chi connectivity index (χ4n) is 2.12. The van der Waals surface area contributed by atoms with Crippen LogP contribution in [0, 0.1) is 13.8 Å². The zero-order valence-corrected chi connectivity index (χ0v) is 13.5. The van der Waals surface area contributed by atoms with E-state index in [1.807, 2.05) is 20.8 Å². The van der Waals surface area contributed by atoms with Crippen LogP contribution in [-0.4, -0.2) is 22.9 Å². The Balaban J connectivity index is 2.23. The second-order valence-electron chi connectivity index (χ2n) is 5.01. The minimum atomic E-state index is -0.157. The molecule has 0 fully saturated rings. The predicted octanol–water partition coefficient (Wildman–Crippen LogP) is 2.61. The Kier molecular flexibility index (Phi) is 4.69. The molecule has 1 unspecified atom stereocenters. The maximum atomic E-state index is 12.3. The van der Waals surface area contributed by atoms with Gasteiger partial charge in [0.05, 0.1) is 25.3 Å². The summed E-state index contributed by atoms with van der Waals surface area (Å²) in [6, 6.07) is -0.157. The second-order valence-corrected chi connectivity index (χ2v) is 5.90. The van der Waals surface area contributed by atoms with Crippen LogP contribution in [0.1, 0.15) is 45.3 Å². The number of nitrogens with zero attached hydrogens (tertiary/aromatic N) is 2. The highest BCUT2D eigenvalue weighted by molar-refractivity contribution is 7.09. The van der Waals surface area contributed by atoms with Crippen molar-refractivity contribution >= 4 is 17.1 Å². The summed E-state index contributed by atoms with van der Waals surface area (Å²) in [5.74, 6) is 0.724. The number of ketones is 1. The molecule has 0 spiro atoms. The molecule has 0 aliphatic rings. The summed E-state index contributed by atoms with van der Waals surface area (Å²) in [6.45, 7) is 5.69. The lowest BCUT2D eigenvalue weighted by molar-refractivity contribution is 0.0987. The van der Waals surface area contributed by atoms with Gasteiger partial charge in [0.15, 0.2) is 5.78 Å². The number of carbonyl (C=O) groups excluding carboxylic acids is 1. The van der Waals surface area contributed by atoms with Crippen molar-refractivity contribution in [2.45, 2.75) is 33.2 Å². The molecule has 5 nitrogen and oxygen atoms in total.